The number of hydrogen-bond donors (Lipinski definition) is 1. The fourth-order valence-electron chi connectivity index (χ4n) is 4.59. The van der Waals surface area contributed by atoms with Crippen LogP contribution < -0.4 is 9.47 Å². The second-order valence-corrected chi connectivity index (χ2v) is 11.5. The third-order valence-corrected chi connectivity index (χ3v) is 6.98. The van der Waals surface area contributed by atoms with E-state index in [4.69, 9.17) is 9.47 Å². The lowest BCUT2D eigenvalue weighted by Crippen LogP contribution is -2.14. The van der Waals surface area contributed by atoms with Gasteiger partial charge in [-0.05, 0) is 44.9 Å². The molecular formula is C35H60O3. The molecule has 0 saturated carbocycles. The maximum Gasteiger partial charge on any atom is 0.135 e. The van der Waals surface area contributed by atoms with Crippen molar-refractivity contribution >= 4 is 0 Å². The van der Waals surface area contributed by atoms with Crippen LogP contribution in [0.2, 0.25) is 0 Å². The quantitative estimate of drug-likeness (QED) is 0.107. The highest BCUT2D eigenvalue weighted by Crippen LogP contribution is 2.25. The van der Waals surface area contributed by atoms with Gasteiger partial charge in [0.1, 0.15) is 17.1 Å². The van der Waals surface area contributed by atoms with E-state index in [-0.39, 0.29) is 0 Å². The molecule has 1 N–H and O–H groups in total. The summed E-state index contributed by atoms with van der Waals surface area (Å²) in [6, 6.07) is 5.92. The van der Waals surface area contributed by atoms with Gasteiger partial charge in [-0.3, -0.25) is 0 Å². The standard InChI is InChI=1S/C35H60O3/c1-5-7-9-11-13-15-17-19-21-23-29-37-33-25-26-34(32(31-33)27-28-35(3,4)36)38-30-24-22-20-18-16-14-12-10-8-6-2/h25-26,31,36H,5-24,29-30H2,1-4H3. The summed E-state index contributed by atoms with van der Waals surface area (Å²) in [5.41, 5.74) is -0.250. The van der Waals surface area contributed by atoms with Crippen LogP contribution in [0.25, 0.3) is 0 Å². The van der Waals surface area contributed by atoms with Crippen LogP contribution in [-0.2, 0) is 0 Å². The SMILES string of the molecule is CCCCCCCCCCCCOc1ccc(OCCCCCCCCCCCC)c(C#CC(C)(C)O)c1. The van der Waals surface area contributed by atoms with Crippen molar-refractivity contribution < 1.29 is 14.6 Å². The van der Waals surface area contributed by atoms with Gasteiger partial charge in [0.05, 0.1) is 18.8 Å². The highest BCUT2D eigenvalue weighted by atomic mass is 16.5. The van der Waals surface area contributed by atoms with E-state index in [9.17, 15) is 5.11 Å². The monoisotopic (exact) mass is 528 g/mol. The van der Waals surface area contributed by atoms with Gasteiger partial charge in [0.25, 0.3) is 0 Å². The fourth-order valence-corrected chi connectivity index (χ4v) is 4.59. The molecule has 0 heterocycles. The zero-order chi connectivity index (χ0) is 27.7. The average molecular weight is 529 g/mol. The predicted molar refractivity (Wildman–Crippen MR) is 164 cm³/mol. The van der Waals surface area contributed by atoms with Gasteiger partial charge in [-0.2, -0.15) is 0 Å². The highest BCUT2D eigenvalue weighted by molar-refractivity contribution is 5.50. The Morgan fingerprint density at radius 1 is 0.605 bits per heavy atom. The zero-order valence-electron chi connectivity index (χ0n) is 25.6. The summed E-state index contributed by atoms with van der Waals surface area (Å²) in [5, 5.41) is 10.1. The van der Waals surface area contributed by atoms with Crippen LogP contribution in [0.5, 0.6) is 11.5 Å². The van der Waals surface area contributed by atoms with Crippen LogP contribution in [0.4, 0.5) is 0 Å². The first-order valence-electron chi connectivity index (χ1n) is 16.1. The van der Waals surface area contributed by atoms with Crippen molar-refractivity contribution in [1.29, 1.82) is 0 Å². The van der Waals surface area contributed by atoms with E-state index in [1.54, 1.807) is 13.8 Å². The molecule has 38 heavy (non-hydrogen) atoms. The van der Waals surface area contributed by atoms with Crippen LogP contribution in [0, 0.1) is 11.8 Å². The molecule has 0 fully saturated rings. The normalized spacial score (nSPS) is 11.3. The van der Waals surface area contributed by atoms with Gasteiger partial charge in [0.2, 0.25) is 0 Å². The molecular weight excluding hydrogens is 468 g/mol. The Morgan fingerprint density at radius 3 is 1.47 bits per heavy atom. The molecule has 0 spiro atoms. The van der Waals surface area contributed by atoms with Crippen LogP contribution in [-0.4, -0.2) is 23.9 Å². The van der Waals surface area contributed by atoms with Crippen molar-refractivity contribution in [3.8, 4) is 23.3 Å². The molecule has 1 aromatic carbocycles. The minimum absolute atomic E-state index is 0.701. The van der Waals surface area contributed by atoms with E-state index in [2.05, 4.69) is 25.7 Å². The van der Waals surface area contributed by atoms with Gasteiger partial charge in [0.15, 0.2) is 0 Å². The summed E-state index contributed by atoms with van der Waals surface area (Å²) >= 11 is 0. The number of unbranched alkanes of at least 4 members (excludes halogenated alkanes) is 18. The maximum atomic E-state index is 10.1. The molecule has 0 amide bonds. The molecule has 0 atom stereocenters. The van der Waals surface area contributed by atoms with Crippen LogP contribution in [0.1, 0.15) is 162 Å². The molecule has 0 aliphatic carbocycles. The van der Waals surface area contributed by atoms with Crippen molar-refractivity contribution in [1.82, 2.24) is 0 Å². The van der Waals surface area contributed by atoms with Gasteiger partial charge in [-0.15, -0.1) is 0 Å². The lowest BCUT2D eigenvalue weighted by atomic mass is 10.1. The Kier molecular flexibility index (Phi) is 21.0. The van der Waals surface area contributed by atoms with E-state index in [0.29, 0.717) is 6.61 Å². The largest absolute Gasteiger partial charge is 0.494 e. The smallest absolute Gasteiger partial charge is 0.135 e. The number of benzene rings is 1. The number of aliphatic hydroxyl groups is 1. The molecule has 3 heteroatoms. The Morgan fingerprint density at radius 2 is 1.03 bits per heavy atom. The minimum atomic E-state index is -1.04. The lowest BCUT2D eigenvalue weighted by molar-refractivity contribution is 0.143. The van der Waals surface area contributed by atoms with E-state index in [1.807, 2.05) is 18.2 Å². The molecule has 0 aromatic heterocycles. The van der Waals surface area contributed by atoms with E-state index >= 15 is 0 Å². The zero-order valence-corrected chi connectivity index (χ0v) is 25.6. The van der Waals surface area contributed by atoms with Crippen LogP contribution in [0.3, 0.4) is 0 Å². The number of rotatable bonds is 24. The van der Waals surface area contributed by atoms with Gasteiger partial charge in [0, 0.05) is 0 Å². The number of ether oxygens (including phenoxy) is 2. The molecule has 0 aliphatic rings. The molecule has 1 aromatic rings. The van der Waals surface area contributed by atoms with Gasteiger partial charge in [-0.1, -0.05) is 141 Å². The molecule has 0 bridgehead atoms. The van der Waals surface area contributed by atoms with Crippen molar-refractivity contribution in [2.45, 2.75) is 162 Å². The molecule has 1 rings (SSSR count). The number of hydrogen-bond acceptors (Lipinski definition) is 3. The summed E-state index contributed by atoms with van der Waals surface area (Å²) < 4.78 is 12.1. The van der Waals surface area contributed by atoms with Crippen LogP contribution >= 0.6 is 0 Å². The summed E-state index contributed by atoms with van der Waals surface area (Å²) in [5.74, 6) is 7.66. The second-order valence-electron chi connectivity index (χ2n) is 11.5. The summed E-state index contributed by atoms with van der Waals surface area (Å²) in [7, 11) is 0. The first kappa shape index (κ1) is 34.4. The second kappa shape index (κ2) is 23.2. The van der Waals surface area contributed by atoms with Gasteiger partial charge < -0.3 is 14.6 Å². The third-order valence-electron chi connectivity index (χ3n) is 6.98. The highest BCUT2D eigenvalue weighted by Gasteiger charge is 2.09. The first-order valence-corrected chi connectivity index (χ1v) is 16.1. The third kappa shape index (κ3) is 20.3. The maximum absolute atomic E-state index is 10.1. The predicted octanol–water partition coefficient (Wildman–Crippen LogP) is 10.4. The summed E-state index contributed by atoms with van der Waals surface area (Å²) in [4.78, 5) is 0. The molecule has 0 aliphatic heterocycles. The summed E-state index contributed by atoms with van der Waals surface area (Å²) in [6.45, 7) is 9.38. The van der Waals surface area contributed by atoms with Gasteiger partial charge >= 0.3 is 0 Å². The van der Waals surface area contributed by atoms with Crippen molar-refractivity contribution in [2.24, 2.45) is 0 Å². The van der Waals surface area contributed by atoms with Crippen molar-refractivity contribution in [2.75, 3.05) is 13.2 Å². The molecule has 3 nitrogen and oxygen atoms in total. The van der Waals surface area contributed by atoms with Crippen molar-refractivity contribution in [3.05, 3.63) is 23.8 Å². The molecule has 218 valence electrons. The first-order chi connectivity index (χ1) is 18.5. The Bertz CT molecular complexity index is 738. The van der Waals surface area contributed by atoms with E-state index in [1.165, 1.54) is 116 Å². The van der Waals surface area contributed by atoms with E-state index < -0.39 is 5.60 Å². The Hall–Kier alpha value is -1.66. The Balaban J connectivity index is 2.34. The molecule has 0 unspecified atom stereocenters. The lowest BCUT2D eigenvalue weighted by Gasteiger charge is -2.12. The minimum Gasteiger partial charge on any atom is -0.494 e. The topological polar surface area (TPSA) is 38.7 Å². The fraction of sp³-hybridized carbons (Fsp3) is 0.771. The molecule has 0 saturated heterocycles. The Labute approximate surface area is 236 Å². The average Bonchev–Trinajstić information content (AvgIpc) is 2.89. The van der Waals surface area contributed by atoms with E-state index in [0.717, 1.165) is 36.5 Å². The van der Waals surface area contributed by atoms with Crippen LogP contribution in [0.15, 0.2) is 18.2 Å². The van der Waals surface area contributed by atoms with Crippen molar-refractivity contribution in [3.63, 3.8) is 0 Å². The van der Waals surface area contributed by atoms with Gasteiger partial charge in [-0.25, -0.2) is 0 Å². The summed E-state index contributed by atoms with van der Waals surface area (Å²) in [6.07, 6.45) is 26.3. The molecule has 0 radical (unpaired) electrons.